The lowest BCUT2D eigenvalue weighted by atomic mass is 9.96. The van der Waals surface area contributed by atoms with E-state index in [9.17, 15) is 29.4 Å². The van der Waals surface area contributed by atoms with Gasteiger partial charge in [0.05, 0.1) is 12.1 Å². The molecule has 0 spiro atoms. The Morgan fingerprint density at radius 1 is 0.974 bits per heavy atom. The second kappa shape index (κ2) is 15.2. The summed E-state index contributed by atoms with van der Waals surface area (Å²) in [7, 11) is 0. The van der Waals surface area contributed by atoms with Crippen molar-refractivity contribution in [2.75, 3.05) is 6.54 Å². The third kappa shape index (κ3) is 9.05. The number of rotatable bonds is 16. The summed E-state index contributed by atoms with van der Waals surface area (Å²) >= 11 is 0. The first-order chi connectivity index (χ1) is 18.5. The number of aromatic amines is 1. The molecule has 0 bridgehead atoms. The van der Waals surface area contributed by atoms with Gasteiger partial charge < -0.3 is 42.6 Å². The molecule has 1 heterocycles. The molecule has 0 aliphatic carbocycles. The second-order valence-electron chi connectivity index (χ2n) is 9.95. The van der Waals surface area contributed by atoms with E-state index in [4.69, 9.17) is 11.5 Å². The van der Waals surface area contributed by atoms with Crippen molar-refractivity contribution in [2.45, 2.75) is 83.1 Å². The van der Waals surface area contributed by atoms with Crippen molar-refractivity contribution in [3.8, 4) is 0 Å². The van der Waals surface area contributed by atoms with Crippen LogP contribution < -0.4 is 27.4 Å². The molecule has 1 aromatic heterocycles. The Bertz CT molecular complexity index is 1120. The first-order valence-electron chi connectivity index (χ1n) is 13.3. The normalized spacial score (nSPS) is 15.9. The van der Waals surface area contributed by atoms with Crippen LogP contribution in [-0.4, -0.2) is 75.7 Å². The molecule has 10 N–H and O–H groups in total. The van der Waals surface area contributed by atoms with Crippen molar-refractivity contribution < 1.29 is 29.4 Å². The minimum atomic E-state index is -1.38. The minimum absolute atomic E-state index is 0.195. The van der Waals surface area contributed by atoms with Gasteiger partial charge in [-0.25, -0.2) is 4.79 Å². The summed E-state index contributed by atoms with van der Waals surface area (Å²) in [6.45, 7) is 5.31. The SMILES string of the molecule is CCC(C)C(NC(=O)C(NC(=O)C(N)Cc1c[nH]c2ccccc12)C(C)O)C(=O)NC(CCCCN)C(=O)O. The summed E-state index contributed by atoms with van der Waals surface area (Å²) in [5.41, 5.74) is 13.3. The number of carbonyl (C=O) groups excluding carboxylic acids is 3. The van der Waals surface area contributed by atoms with E-state index in [0.29, 0.717) is 25.8 Å². The van der Waals surface area contributed by atoms with Crippen molar-refractivity contribution in [2.24, 2.45) is 17.4 Å². The Balaban J connectivity index is 2.09. The lowest BCUT2D eigenvalue weighted by Gasteiger charge is -2.29. The highest BCUT2D eigenvalue weighted by Gasteiger charge is 2.34. The van der Waals surface area contributed by atoms with Gasteiger partial charge >= 0.3 is 5.97 Å². The van der Waals surface area contributed by atoms with Crippen molar-refractivity contribution in [1.29, 1.82) is 0 Å². The van der Waals surface area contributed by atoms with Crippen LogP contribution in [0.25, 0.3) is 10.9 Å². The maximum absolute atomic E-state index is 13.2. The summed E-state index contributed by atoms with van der Waals surface area (Å²) in [6.07, 6.45) is 2.50. The smallest absolute Gasteiger partial charge is 0.326 e. The summed E-state index contributed by atoms with van der Waals surface area (Å²) in [6, 6.07) is 2.97. The van der Waals surface area contributed by atoms with E-state index < -0.39 is 54.0 Å². The van der Waals surface area contributed by atoms with Crippen molar-refractivity contribution in [3.05, 3.63) is 36.0 Å². The van der Waals surface area contributed by atoms with Crippen LogP contribution in [0.15, 0.2) is 30.5 Å². The fourth-order valence-electron chi connectivity index (χ4n) is 4.25. The van der Waals surface area contributed by atoms with E-state index in [2.05, 4.69) is 20.9 Å². The molecule has 0 aliphatic heterocycles. The van der Waals surface area contributed by atoms with Gasteiger partial charge in [-0.05, 0) is 56.7 Å². The van der Waals surface area contributed by atoms with Gasteiger partial charge in [0.25, 0.3) is 0 Å². The topological polar surface area (TPSA) is 213 Å². The maximum atomic E-state index is 13.2. The predicted octanol–water partition coefficient (Wildman–Crippen LogP) is 0.133. The molecule has 6 atom stereocenters. The number of hydrogen-bond donors (Lipinski definition) is 8. The monoisotopic (exact) mass is 546 g/mol. The highest BCUT2D eigenvalue weighted by Crippen LogP contribution is 2.19. The highest BCUT2D eigenvalue weighted by molar-refractivity contribution is 5.94. The molecular weight excluding hydrogens is 504 g/mol. The molecule has 216 valence electrons. The third-order valence-electron chi connectivity index (χ3n) is 6.87. The molecule has 39 heavy (non-hydrogen) atoms. The molecule has 0 radical (unpaired) electrons. The number of hydrogen-bond acceptors (Lipinski definition) is 7. The number of H-pyrrole nitrogens is 1. The number of aliphatic hydroxyl groups is 1. The number of benzene rings is 1. The molecule has 0 saturated heterocycles. The van der Waals surface area contributed by atoms with E-state index in [-0.39, 0.29) is 18.8 Å². The summed E-state index contributed by atoms with van der Waals surface area (Å²) in [5, 5.41) is 28.3. The lowest BCUT2D eigenvalue weighted by molar-refractivity contribution is -0.143. The maximum Gasteiger partial charge on any atom is 0.326 e. The van der Waals surface area contributed by atoms with E-state index in [1.165, 1.54) is 6.92 Å². The highest BCUT2D eigenvalue weighted by atomic mass is 16.4. The van der Waals surface area contributed by atoms with E-state index in [0.717, 1.165) is 16.5 Å². The summed E-state index contributed by atoms with van der Waals surface area (Å²) in [5.74, 6) is -3.64. The van der Waals surface area contributed by atoms with Crippen LogP contribution in [0.3, 0.4) is 0 Å². The fourth-order valence-corrected chi connectivity index (χ4v) is 4.25. The summed E-state index contributed by atoms with van der Waals surface area (Å²) < 4.78 is 0. The van der Waals surface area contributed by atoms with Crippen LogP contribution in [-0.2, 0) is 25.6 Å². The minimum Gasteiger partial charge on any atom is -0.480 e. The first kappa shape index (κ1) is 31.7. The Morgan fingerprint density at radius 2 is 1.62 bits per heavy atom. The molecule has 1 aromatic carbocycles. The van der Waals surface area contributed by atoms with Crippen LogP contribution in [0.5, 0.6) is 0 Å². The lowest BCUT2D eigenvalue weighted by Crippen LogP contribution is -2.61. The molecule has 2 aromatic rings. The van der Waals surface area contributed by atoms with E-state index in [1.54, 1.807) is 13.1 Å². The number of fused-ring (bicyclic) bond motifs is 1. The van der Waals surface area contributed by atoms with Crippen LogP contribution in [0, 0.1) is 5.92 Å². The molecule has 12 nitrogen and oxygen atoms in total. The van der Waals surface area contributed by atoms with Crippen molar-refractivity contribution in [1.82, 2.24) is 20.9 Å². The largest absolute Gasteiger partial charge is 0.480 e. The number of aliphatic hydroxyl groups excluding tert-OH is 1. The Hall–Kier alpha value is -3.48. The second-order valence-corrected chi connectivity index (χ2v) is 9.95. The van der Waals surface area contributed by atoms with Gasteiger partial charge in [0.15, 0.2) is 0 Å². The van der Waals surface area contributed by atoms with Crippen molar-refractivity contribution in [3.63, 3.8) is 0 Å². The van der Waals surface area contributed by atoms with Crippen LogP contribution in [0.4, 0.5) is 0 Å². The van der Waals surface area contributed by atoms with Gasteiger partial charge in [-0.15, -0.1) is 0 Å². The molecule has 6 unspecified atom stereocenters. The average Bonchev–Trinajstić information content (AvgIpc) is 3.31. The number of carboxylic acid groups (broad SMARTS) is 1. The van der Waals surface area contributed by atoms with Gasteiger partial charge in [-0.2, -0.15) is 0 Å². The van der Waals surface area contributed by atoms with Gasteiger partial charge in [0.2, 0.25) is 17.7 Å². The quantitative estimate of drug-likeness (QED) is 0.135. The van der Waals surface area contributed by atoms with Gasteiger partial charge in [0.1, 0.15) is 18.1 Å². The molecular formula is C27H42N6O6. The Labute approximate surface area is 228 Å². The van der Waals surface area contributed by atoms with Crippen LogP contribution in [0.1, 0.15) is 52.0 Å². The van der Waals surface area contributed by atoms with Crippen LogP contribution in [0.2, 0.25) is 0 Å². The number of carbonyl (C=O) groups is 4. The number of para-hydroxylation sites is 1. The standard InChI is InChI=1S/C27H42N6O6/c1-4-15(2)22(25(36)31-21(27(38)39)11-7-8-12-28)32-26(37)23(16(3)34)33-24(35)19(29)13-17-14-30-20-10-6-5-9-18(17)20/h5-6,9-10,14-16,19,21-23,30,34H,4,7-8,11-13,28-29H2,1-3H3,(H,31,36)(H,32,37)(H,33,35)(H,38,39). The Kier molecular flexibility index (Phi) is 12.4. The molecule has 0 aliphatic rings. The molecule has 0 fully saturated rings. The number of aliphatic carboxylic acids is 1. The zero-order chi connectivity index (χ0) is 29.1. The first-order valence-corrected chi connectivity index (χ1v) is 13.3. The number of nitrogens with two attached hydrogens (primary N) is 2. The Morgan fingerprint density at radius 3 is 2.23 bits per heavy atom. The number of nitrogens with one attached hydrogen (secondary N) is 4. The van der Waals surface area contributed by atoms with Gasteiger partial charge in [-0.1, -0.05) is 38.5 Å². The molecule has 2 rings (SSSR count). The van der Waals surface area contributed by atoms with Gasteiger partial charge in [-0.3, -0.25) is 14.4 Å². The van der Waals surface area contributed by atoms with Gasteiger partial charge in [0, 0.05) is 17.1 Å². The zero-order valence-corrected chi connectivity index (χ0v) is 22.8. The van der Waals surface area contributed by atoms with E-state index in [1.807, 2.05) is 31.2 Å². The third-order valence-corrected chi connectivity index (χ3v) is 6.87. The number of carboxylic acids is 1. The number of unbranched alkanes of at least 4 members (excludes halogenated alkanes) is 1. The van der Waals surface area contributed by atoms with Crippen LogP contribution >= 0.6 is 0 Å². The average molecular weight is 547 g/mol. The van der Waals surface area contributed by atoms with E-state index >= 15 is 0 Å². The summed E-state index contributed by atoms with van der Waals surface area (Å²) in [4.78, 5) is 53.9. The van der Waals surface area contributed by atoms with Crippen molar-refractivity contribution >= 4 is 34.6 Å². The molecule has 3 amide bonds. The molecule has 0 saturated carbocycles. The predicted molar refractivity (Wildman–Crippen MR) is 147 cm³/mol. The fraction of sp³-hybridized carbons (Fsp3) is 0.556. The molecule has 12 heteroatoms. The number of amides is 3. The zero-order valence-electron chi connectivity index (χ0n) is 22.8. The number of aromatic nitrogens is 1.